The highest BCUT2D eigenvalue weighted by Gasteiger charge is 2.03. The number of nitrogens with zero attached hydrogens (tertiary/aromatic N) is 2. The molecule has 2 aromatic rings. The fourth-order valence-corrected chi connectivity index (χ4v) is 1.65. The van der Waals surface area contributed by atoms with Gasteiger partial charge in [0.25, 0.3) is 5.56 Å². The van der Waals surface area contributed by atoms with Gasteiger partial charge in [-0.3, -0.25) is 9.20 Å². The molecule has 0 aliphatic carbocycles. The van der Waals surface area contributed by atoms with Crippen LogP contribution >= 0.6 is 0 Å². The van der Waals surface area contributed by atoms with Crippen molar-refractivity contribution in [2.75, 3.05) is 6.61 Å². The van der Waals surface area contributed by atoms with Crippen LogP contribution in [0.2, 0.25) is 0 Å². The Morgan fingerprint density at radius 1 is 1.53 bits per heavy atom. The van der Waals surface area contributed by atoms with E-state index in [0.29, 0.717) is 17.8 Å². The molecule has 5 nitrogen and oxygen atoms in total. The van der Waals surface area contributed by atoms with E-state index in [4.69, 9.17) is 4.74 Å². The first-order valence-corrected chi connectivity index (χ1v) is 5.94. The lowest BCUT2D eigenvalue weighted by Crippen LogP contribution is -2.17. The number of esters is 1. The van der Waals surface area contributed by atoms with Gasteiger partial charge in [-0.15, -0.1) is 0 Å². The second-order valence-corrected chi connectivity index (χ2v) is 4.04. The zero-order valence-electron chi connectivity index (χ0n) is 10.8. The molecule has 0 saturated heterocycles. The molecule has 0 spiro atoms. The number of carbonyl (C=O) groups is 1. The maximum Gasteiger partial charge on any atom is 0.330 e. The van der Waals surface area contributed by atoms with E-state index < -0.39 is 5.97 Å². The second kappa shape index (κ2) is 5.48. The van der Waals surface area contributed by atoms with E-state index in [1.165, 1.54) is 22.7 Å². The minimum absolute atomic E-state index is 0.217. The molecule has 0 unspecified atom stereocenters. The van der Waals surface area contributed by atoms with Gasteiger partial charge in [-0.2, -0.15) is 0 Å². The number of hydrogen-bond donors (Lipinski definition) is 0. The molecule has 0 aromatic carbocycles. The molecule has 0 fully saturated rings. The van der Waals surface area contributed by atoms with Gasteiger partial charge in [-0.05, 0) is 37.6 Å². The molecule has 0 bridgehead atoms. The molecule has 0 aliphatic heterocycles. The van der Waals surface area contributed by atoms with Crippen molar-refractivity contribution >= 4 is 17.7 Å². The van der Waals surface area contributed by atoms with Gasteiger partial charge >= 0.3 is 5.97 Å². The normalized spacial score (nSPS) is 11.1. The molecule has 0 amide bonds. The van der Waals surface area contributed by atoms with E-state index in [2.05, 4.69) is 4.98 Å². The summed E-state index contributed by atoms with van der Waals surface area (Å²) in [6.45, 7) is 3.96. The van der Waals surface area contributed by atoms with Gasteiger partial charge in [0.05, 0.1) is 12.2 Å². The quantitative estimate of drug-likeness (QED) is 0.619. The Hall–Kier alpha value is -2.43. The monoisotopic (exact) mass is 258 g/mol. The Morgan fingerprint density at radius 3 is 3.05 bits per heavy atom. The van der Waals surface area contributed by atoms with Crippen LogP contribution in [0.25, 0.3) is 11.7 Å². The van der Waals surface area contributed by atoms with Crippen LogP contribution < -0.4 is 5.56 Å². The van der Waals surface area contributed by atoms with E-state index in [-0.39, 0.29) is 5.56 Å². The number of aryl methyl sites for hydroxylation is 1. The number of pyridine rings is 1. The van der Waals surface area contributed by atoms with Crippen molar-refractivity contribution in [2.24, 2.45) is 0 Å². The van der Waals surface area contributed by atoms with Gasteiger partial charge in [0.15, 0.2) is 0 Å². The molecule has 0 atom stereocenters. The average Bonchev–Trinajstić information content (AvgIpc) is 2.38. The topological polar surface area (TPSA) is 60.7 Å². The molecule has 0 N–H and O–H groups in total. The van der Waals surface area contributed by atoms with Gasteiger partial charge < -0.3 is 4.74 Å². The summed E-state index contributed by atoms with van der Waals surface area (Å²) in [5.74, 6) is -0.476. The number of fused-ring (bicyclic) bond motifs is 1. The maximum atomic E-state index is 12.1. The highest BCUT2D eigenvalue weighted by Crippen LogP contribution is 2.03. The van der Waals surface area contributed by atoms with Crippen molar-refractivity contribution in [3.8, 4) is 0 Å². The van der Waals surface area contributed by atoms with Crippen LogP contribution in [0.5, 0.6) is 0 Å². The molecule has 2 rings (SSSR count). The molecular weight excluding hydrogens is 244 g/mol. The molecule has 0 radical (unpaired) electrons. The predicted octanol–water partition coefficient (Wildman–Crippen LogP) is 1.58. The van der Waals surface area contributed by atoms with Gasteiger partial charge in [0, 0.05) is 18.5 Å². The van der Waals surface area contributed by atoms with Crippen LogP contribution in [-0.4, -0.2) is 22.0 Å². The van der Waals surface area contributed by atoms with Crippen LogP contribution in [-0.2, 0) is 9.53 Å². The highest BCUT2D eigenvalue weighted by atomic mass is 16.5. The summed E-state index contributed by atoms with van der Waals surface area (Å²) in [4.78, 5) is 27.5. The summed E-state index contributed by atoms with van der Waals surface area (Å²) in [5.41, 5.74) is 1.74. The molecular formula is C14H14N2O3. The first kappa shape index (κ1) is 13.0. The van der Waals surface area contributed by atoms with Crippen molar-refractivity contribution < 1.29 is 9.53 Å². The molecule has 0 saturated carbocycles. The number of hydrogen-bond acceptors (Lipinski definition) is 4. The lowest BCUT2D eigenvalue weighted by atomic mass is 10.2. The SMILES string of the molecule is CCOC(=O)/C=C/c1cnc2cc(C)ccn2c1=O. The first-order valence-electron chi connectivity index (χ1n) is 5.94. The standard InChI is InChI=1S/C14H14N2O3/c1-3-19-13(17)5-4-11-9-15-12-8-10(2)6-7-16(12)14(11)18/h4-9H,3H2,1-2H3/b5-4+. The summed E-state index contributed by atoms with van der Waals surface area (Å²) in [5, 5.41) is 0. The second-order valence-electron chi connectivity index (χ2n) is 4.04. The third-order valence-electron chi connectivity index (χ3n) is 2.58. The Bertz CT molecular complexity index is 701. The lowest BCUT2D eigenvalue weighted by Gasteiger charge is -2.02. The predicted molar refractivity (Wildman–Crippen MR) is 71.9 cm³/mol. The lowest BCUT2D eigenvalue weighted by molar-refractivity contribution is -0.137. The fraction of sp³-hybridized carbons (Fsp3) is 0.214. The van der Waals surface area contributed by atoms with Gasteiger partial charge in [-0.25, -0.2) is 9.78 Å². The minimum atomic E-state index is -0.476. The highest BCUT2D eigenvalue weighted by molar-refractivity contribution is 5.86. The first-order chi connectivity index (χ1) is 9.11. The Kier molecular flexibility index (Phi) is 3.75. The van der Waals surface area contributed by atoms with Crippen LogP contribution in [0.1, 0.15) is 18.1 Å². The Balaban J connectivity index is 2.41. The Morgan fingerprint density at radius 2 is 2.32 bits per heavy atom. The van der Waals surface area contributed by atoms with Crippen molar-refractivity contribution in [3.63, 3.8) is 0 Å². The minimum Gasteiger partial charge on any atom is -0.463 e. The van der Waals surface area contributed by atoms with Crippen LogP contribution in [0.15, 0.2) is 35.4 Å². The van der Waals surface area contributed by atoms with Crippen molar-refractivity contribution in [1.29, 1.82) is 0 Å². The van der Waals surface area contributed by atoms with E-state index in [1.54, 1.807) is 13.1 Å². The zero-order valence-corrected chi connectivity index (χ0v) is 10.8. The fourth-order valence-electron chi connectivity index (χ4n) is 1.65. The number of aromatic nitrogens is 2. The van der Waals surface area contributed by atoms with E-state index in [0.717, 1.165) is 5.56 Å². The molecule has 0 aliphatic rings. The average molecular weight is 258 g/mol. The number of ether oxygens (including phenoxy) is 1. The number of rotatable bonds is 3. The molecule has 2 aromatic heterocycles. The Labute approximate surface area is 110 Å². The van der Waals surface area contributed by atoms with Crippen LogP contribution in [0, 0.1) is 6.92 Å². The largest absolute Gasteiger partial charge is 0.463 e. The zero-order chi connectivity index (χ0) is 13.8. The van der Waals surface area contributed by atoms with Gasteiger partial charge in [0.2, 0.25) is 0 Å². The summed E-state index contributed by atoms with van der Waals surface area (Å²) in [6.07, 6.45) is 5.76. The van der Waals surface area contributed by atoms with Gasteiger partial charge in [0.1, 0.15) is 5.65 Å². The summed E-state index contributed by atoms with van der Waals surface area (Å²) in [6, 6.07) is 3.65. The van der Waals surface area contributed by atoms with Crippen LogP contribution in [0.3, 0.4) is 0 Å². The van der Waals surface area contributed by atoms with E-state index in [1.807, 2.05) is 19.1 Å². The molecule has 98 valence electrons. The molecule has 19 heavy (non-hydrogen) atoms. The van der Waals surface area contributed by atoms with E-state index in [9.17, 15) is 9.59 Å². The maximum absolute atomic E-state index is 12.1. The summed E-state index contributed by atoms with van der Waals surface area (Å²) in [7, 11) is 0. The van der Waals surface area contributed by atoms with Gasteiger partial charge in [-0.1, -0.05) is 0 Å². The van der Waals surface area contributed by atoms with Crippen molar-refractivity contribution in [3.05, 3.63) is 52.1 Å². The smallest absolute Gasteiger partial charge is 0.330 e. The summed E-state index contributed by atoms with van der Waals surface area (Å²) >= 11 is 0. The summed E-state index contributed by atoms with van der Waals surface area (Å²) < 4.78 is 6.19. The molecule has 5 heteroatoms. The third-order valence-corrected chi connectivity index (χ3v) is 2.58. The number of carbonyl (C=O) groups excluding carboxylic acids is 1. The van der Waals surface area contributed by atoms with Crippen LogP contribution in [0.4, 0.5) is 0 Å². The van der Waals surface area contributed by atoms with Crippen molar-refractivity contribution in [2.45, 2.75) is 13.8 Å². The molecule has 2 heterocycles. The van der Waals surface area contributed by atoms with E-state index >= 15 is 0 Å². The van der Waals surface area contributed by atoms with Crippen molar-refractivity contribution in [1.82, 2.24) is 9.38 Å². The third kappa shape index (κ3) is 2.88.